The Hall–Kier alpha value is -1.87. The Kier molecular flexibility index (Phi) is 4.74. The molecule has 0 aliphatic carbocycles. The molecular weight excluding hydrogens is 255 g/mol. The van der Waals surface area contributed by atoms with Crippen LogP contribution in [0.25, 0.3) is 0 Å². The van der Waals surface area contributed by atoms with Crippen molar-refractivity contribution in [2.24, 2.45) is 0 Å². The molecule has 0 aliphatic heterocycles. The summed E-state index contributed by atoms with van der Waals surface area (Å²) >= 11 is 0. The van der Waals surface area contributed by atoms with Crippen LogP contribution in [0.15, 0.2) is 42.5 Å². The summed E-state index contributed by atoms with van der Waals surface area (Å²) in [7, 11) is 1.44. The Labute approximate surface area is 118 Å². The van der Waals surface area contributed by atoms with Crippen molar-refractivity contribution in [1.29, 1.82) is 0 Å². The second kappa shape index (κ2) is 6.53. The van der Waals surface area contributed by atoms with Crippen LogP contribution in [0.2, 0.25) is 0 Å². The first kappa shape index (κ1) is 14.5. The van der Waals surface area contributed by atoms with Gasteiger partial charge in [-0.2, -0.15) is 0 Å². The summed E-state index contributed by atoms with van der Waals surface area (Å²) in [5.41, 5.74) is 2.41. The molecule has 0 heterocycles. The summed E-state index contributed by atoms with van der Waals surface area (Å²) in [5.74, 6) is -0.193. The average Bonchev–Trinajstić information content (AvgIpc) is 2.49. The van der Waals surface area contributed by atoms with Crippen molar-refractivity contribution < 1.29 is 14.2 Å². The molecule has 20 heavy (non-hydrogen) atoms. The number of ether oxygens (including phenoxy) is 1. The number of hydrogen-bond acceptors (Lipinski definition) is 2. The summed E-state index contributed by atoms with van der Waals surface area (Å²) in [6.45, 7) is 2.04. The first-order valence-corrected chi connectivity index (χ1v) is 6.74. The highest BCUT2D eigenvalue weighted by atomic mass is 19.1. The Morgan fingerprint density at radius 1 is 1.10 bits per heavy atom. The molecule has 0 radical (unpaired) electrons. The lowest BCUT2D eigenvalue weighted by atomic mass is 9.95. The molecule has 1 unspecified atom stereocenters. The van der Waals surface area contributed by atoms with E-state index in [2.05, 4.69) is 0 Å². The second-order valence-corrected chi connectivity index (χ2v) is 4.71. The topological polar surface area (TPSA) is 29.5 Å². The third-order valence-electron chi connectivity index (χ3n) is 3.47. The minimum atomic E-state index is -0.715. The van der Waals surface area contributed by atoms with Crippen LogP contribution in [0.1, 0.15) is 29.7 Å². The quantitative estimate of drug-likeness (QED) is 0.901. The molecule has 0 spiro atoms. The summed E-state index contributed by atoms with van der Waals surface area (Å²) in [4.78, 5) is 0. The summed E-state index contributed by atoms with van der Waals surface area (Å²) in [5, 5.41) is 10.4. The molecule has 2 aromatic carbocycles. The highest BCUT2D eigenvalue weighted by Gasteiger charge is 2.16. The fraction of sp³-hybridized carbons (Fsp3) is 0.294. The molecule has 2 aromatic rings. The number of rotatable bonds is 5. The van der Waals surface area contributed by atoms with E-state index >= 15 is 0 Å². The van der Waals surface area contributed by atoms with E-state index in [1.807, 2.05) is 31.2 Å². The van der Waals surface area contributed by atoms with Gasteiger partial charge in [-0.3, -0.25) is 0 Å². The lowest BCUT2D eigenvalue weighted by Crippen LogP contribution is -2.07. The molecule has 0 aromatic heterocycles. The van der Waals surface area contributed by atoms with Crippen molar-refractivity contribution in [1.82, 2.24) is 0 Å². The van der Waals surface area contributed by atoms with E-state index in [-0.39, 0.29) is 12.2 Å². The molecule has 1 N–H and O–H groups in total. The van der Waals surface area contributed by atoms with Crippen LogP contribution in [0.4, 0.5) is 4.39 Å². The molecule has 1 atom stereocenters. The molecule has 2 nitrogen and oxygen atoms in total. The van der Waals surface area contributed by atoms with Gasteiger partial charge >= 0.3 is 0 Å². The standard InChI is InChI=1S/C17H19FO2/c1-3-12-7-4-5-9-14(12)15(19)11-13-8-6-10-16(20-2)17(13)18/h4-10,15,19H,3,11H2,1-2H3. The van der Waals surface area contributed by atoms with Gasteiger partial charge < -0.3 is 9.84 Å². The molecule has 0 aliphatic rings. The predicted molar refractivity (Wildman–Crippen MR) is 77.4 cm³/mol. The van der Waals surface area contributed by atoms with E-state index in [9.17, 15) is 9.50 Å². The molecule has 0 fully saturated rings. The predicted octanol–water partition coefficient (Wildman–Crippen LogP) is 3.67. The molecule has 0 saturated heterocycles. The van der Waals surface area contributed by atoms with Crippen LogP contribution in [0, 0.1) is 5.82 Å². The van der Waals surface area contributed by atoms with Crippen LogP contribution in [-0.4, -0.2) is 12.2 Å². The molecule has 0 amide bonds. The zero-order valence-corrected chi connectivity index (χ0v) is 11.8. The summed E-state index contributed by atoms with van der Waals surface area (Å²) in [6, 6.07) is 12.7. The second-order valence-electron chi connectivity index (χ2n) is 4.71. The Morgan fingerprint density at radius 3 is 2.50 bits per heavy atom. The van der Waals surface area contributed by atoms with Gasteiger partial charge in [0, 0.05) is 6.42 Å². The van der Waals surface area contributed by atoms with Gasteiger partial charge in [0.15, 0.2) is 11.6 Å². The summed E-state index contributed by atoms with van der Waals surface area (Å²) in [6.07, 6.45) is 0.362. The third-order valence-corrected chi connectivity index (χ3v) is 3.47. The van der Waals surface area contributed by atoms with E-state index < -0.39 is 11.9 Å². The number of aliphatic hydroxyl groups excluding tert-OH is 1. The average molecular weight is 274 g/mol. The minimum absolute atomic E-state index is 0.207. The van der Waals surface area contributed by atoms with Crippen LogP contribution < -0.4 is 4.74 Å². The maximum Gasteiger partial charge on any atom is 0.168 e. The highest BCUT2D eigenvalue weighted by Crippen LogP contribution is 2.26. The van der Waals surface area contributed by atoms with Gasteiger partial charge in [-0.05, 0) is 29.2 Å². The van der Waals surface area contributed by atoms with Crippen molar-refractivity contribution in [2.75, 3.05) is 7.11 Å². The Morgan fingerprint density at radius 2 is 1.80 bits per heavy atom. The lowest BCUT2D eigenvalue weighted by Gasteiger charge is -2.16. The van der Waals surface area contributed by atoms with E-state index in [4.69, 9.17) is 4.74 Å². The zero-order chi connectivity index (χ0) is 14.5. The Balaban J connectivity index is 2.26. The zero-order valence-electron chi connectivity index (χ0n) is 11.8. The van der Waals surface area contributed by atoms with Gasteiger partial charge in [0.2, 0.25) is 0 Å². The smallest absolute Gasteiger partial charge is 0.168 e. The van der Waals surface area contributed by atoms with Gasteiger partial charge in [0.1, 0.15) is 0 Å². The van der Waals surface area contributed by atoms with Crippen molar-refractivity contribution in [3.63, 3.8) is 0 Å². The van der Waals surface area contributed by atoms with Gasteiger partial charge in [-0.15, -0.1) is 0 Å². The SMILES string of the molecule is CCc1ccccc1C(O)Cc1cccc(OC)c1F. The van der Waals surface area contributed by atoms with Crippen molar-refractivity contribution >= 4 is 0 Å². The van der Waals surface area contributed by atoms with Gasteiger partial charge in [-0.1, -0.05) is 43.3 Å². The van der Waals surface area contributed by atoms with Gasteiger partial charge in [0.05, 0.1) is 13.2 Å². The van der Waals surface area contributed by atoms with E-state index in [0.29, 0.717) is 5.56 Å². The number of benzene rings is 2. The van der Waals surface area contributed by atoms with Crippen LogP contribution >= 0.6 is 0 Å². The fourth-order valence-corrected chi connectivity index (χ4v) is 2.37. The van der Waals surface area contributed by atoms with Crippen molar-refractivity contribution in [2.45, 2.75) is 25.9 Å². The molecule has 2 rings (SSSR count). The van der Waals surface area contributed by atoms with E-state index in [0.717, 1.165) is 17.5 Å². The van der Waals surface area contributed by atoms with Crippen LogP contribution in [0.5, 0.6) is 5.75 Å². The third kappa shape index (κ3) is 2.99. The lowest BCUT2D eigenvalue weighted by molar-refractivity contribution is 0.176. The maximum absolute atomic E-state index is 14.1. The largest absolute Gasteiger partial charge is 0.494 e. The first-order chi connectivity index (χ1) is 9.67. The summed E-state index contributed by atoms with van der Waals surface area (Å²) < 4.78 is 19.1. The van der Waals surface area contributed by atoms with Crippen molar-refractivity contribution in [3.05, 3.63) is 65.0 Å². The normalized spacial score (nSPS) is 12.2. The number of aliphatic hydroxyl groups is 1. The molecule has 0 bridgehead atoms. The molecular formula is C17H19FO2. The molecule has 0 saturated carbocycles. The number of methoxy groups -OCH3 is 1. The van der Waals surface area contributed by atoms with Gasteiger partial charge in [0.25, 0.3) is 0 Å². The Bertz CT molecular complexity index is 581. The van der Waals surface area contributed by atoms with Gasteiger partial charge in [-0.25, -0.2) is 4.39 Å². The fourth-order valence-electron chi connectivity index (χ4n) is 2.37. The monoisotopic (exact) mass is 274 g/mol. The molecule has 3 heteroatoms. The highest BCUT2D eigenvalue weighted by molar-refractivity contribution is 5.34. The molecule has 106 valence electrons. The number of halogens is 1. The minimum Gasteiger partial charge on any atom is -0.494 e. The van der Waals surface area contributed by atoms with Crippen LogP contribution in [-0.2, 0) is 12.8 Å². The maximum atomic E-state index is 14.1. The van der Waals surface area contributed by atoms with Crippen molar-refractivity contribution in [3.8, 4) is 5.75 Å². The van der Waals surface area contributed by atoms with E-state index in [1.165, 1.54) is 7.11 Å². The first-order valence-electron chi connectivity index (χ1n) is 6.74. The number of hydrogen-bond donors (Lipinski definition) is 1. The van der Waals surface area contributed by atoms with E-state index in [1.54, 1.807) is 18.2 Å². The van der Waals surface area contributed by atoms with Crippen LogP contribution in [0.3, 0.4) is 0 Å². The number of aryl methyl sites for hydroxylation is 1.